The normalized spacial score (nSPS) is 16.6. The third kappa shape index (κ3) is 6.88. The molecule has 9 heteroatoms. The fraction of sp³-hybridized carbons (Fsp3) is 0.286. The lowest BCUT2D eigenvalue weighted by Crippen LogP contribution is -2.52. The molecule has 3 aromatic carbocycles. The van der Waals surface area contributed by atoms with Crippen LogP contribution in [0.25, 0.3) is 0 Å². The monoisotopic (exact) mass is 567 g/mol. The molecule has 1 aliphatic rings. The van der Waals surface area contributed by atoms with E-state index in [0.29, 0.717) is 37.6 Å². The molecular weight excluding hydrogens is 538 g/mol. The number of carbonyl (C=O) groups excluding carboxylic acids is 1. The molecule has 1 heterocycles. The highest BCUT2D eigenvalue weighted by atomic mass is 79.9. The summed E-state index contributed by atoms with van der Waals surface area (Å²) in [5.41, 5.74) is 7.32. The number of benzene rings is 3. The lowest BCUT2D eigenvalue weighted by molar-refractivity contribution is -0.127. The minimum Gasteiger partial charge on any atom is -0.496 e. The van der Waals surface area contributed by atoms with Gasteiger partial charge < -0.3 is 19.3 Å². The molecule has 1 aliphatic heterocycles. The summed E-state index contributed by atoms with van der Waals surface area (Å²) >= 11 is 3.46. The van der Waals surface area contributed by atoms with E-state index in [-0.39, 0.29) is 19.1 Å². The second-order valence-corrected chi connectivity index (χ2v) is 9.53. The van der Waals surface area contributed by atoms with E-state index in [2.05, 4.69) is 26.8 Å². The molecule has 1 atom stereocenters. The van der Waals surface area contributed by atoms with E-state index in [4.69, 9.17) is 24.3 Å². The van der Waals surface area contributed by atoms with Crippen molar-refractivity contribution in [3.05, 3.63) is 94.0 Å². The number of hydrazine groups is 1. The number of aliphatic imine (C=N–C) groups is 1. The molecule has 0 aromatic heterocycles. The predicted octanol–water partition coefficient (Wildman–Crippen LogP) is 3.80. The van der Waals surface area contributed by atoms with Crippen LogP contribution in [0.5, 0.6) is 11.5 Å². The summed E-state index contributed by atoms with van der Waals surface area (Å²) in [5.74, 6) is 1.54. The van der Waals surface area contributed by atoms with Crippen molar-refractivity contribution >= 4 is 27.7 Å². The Balaban J connectivity index is 1.51. The number of aliphatic hydroxyl groups excluding tert-OH is 1. The lowest BCUT2D eigenvalue weighted by Gasteiger charge is -2.23. The molecule has 194 valence electrons. The van der Waals surface area contributed by atoms with Crippen molar-refractivity contribution in [3.8, 4) is 11.5 Å². The number of aliphatic hydroxyl groups is 1. The van der Waals surface area contributed by atoms with Gasteiger partial charge >= 0.3 is 0 Å². The van der Waals surface area contributed by atoms with Gasteiger partial charge in [0.25, 0.3) is 5.91 Å². The quantitative estimate of drug-likeness (QED) is 0.227. The fourth-order valence-electron chi connectivity index (χ4n) is 3.96. The first kappa shape index (κ1) is 26.7. The van der Waals surface area contributed by atoms with Gasteiger partial charge in [0.1, 0.15) is 18.1 Å². The minimum absolute atomic E-state index is 0.0823. The zero-order chi connectivity index (χ0) is 26.1. The summed E-state index contributed by atoms with van der Waals surface area (Å²) in [6, 6.07) is 22.8. The number of amides is 1. The Morgan fingerprint density at radius 2 is 1.86 bits per heavy atom. The van der Waals surface area contributed by atoms with Crippen LogP contribution >= 0.6 is 15.9 Å². The van der Waals surface area contributed by atoms with Gasteiger partial charge in [0.2, 0.25) is 5.90 Å². The van der Waals surface area contributed by atoms with Gasteiger partial charge in [0, 0.05) is 41.6 Å². The molecule has 0 saturated heterocycles. The standard InChI is InChI=1S/C28H30BrN3O5/c1-35-25-6-3-2-5-22(25)18-30-32-27(34)28(17-20-7-11-23(29)12-8-20)19-37-26(31-28)21-9-13-24(14-10-21)36-16-4-15-33/h2-3,5-14,30,33H,4,15-19H2,1H3,(H,32,34)/t28-/m0/s1. The summed E-state index contributed by atoms with van der Waals surface area (Å²) in [4.78, 5) is 18.3. The zero-order valence-corrected chi connectivity index (χ0v) is 22.2. The van der Waals surface area contributed by atoms with Crippen molar-refractivity contribution in [2.75, 3.05) is 26.9 Å². The minimum atomic E-state index is -1.15. The van der Waals surface area contributed by atoms with E-state index < -0.39 is 5.54 Å². The summed E-state index contributed by atoms with van der Waals surface area (Å²) < 4.78 is 17.9. The highest BCUT2D eigenvalue weighted by Crippen LogP contribution is 2.28. The van der Waals surface area contributed by atoms with Crippen LogP contribution in [0, 0.1) is 0 Å². The Kier molecular flexibility index (Phi) is 9.16. The number of halogens is 1. The number of carbonyl (C=O) groups is 1. The lowest BCUT2D eigenvalue weighted by atomic mass is 9.91. The number of hydrogen-bond acceptors (Lipinski definition) is 7. The van der Waals surface area contributed by atoms with Gasteiger partial charge in [-0.3, -0.25) is 10.2 Å². The summed E-state index contributed by atoms with van der Waals surface area (Å²) in [5, 5.41) is 8.92. The molecule has 0 saturated carbocycles. The van der Waals surface area contributed by atoms with Crippen LogP contribution in [0.15, 0.2) is 82.3 Å². The summed E-state index contributed by atoms with van der Waals surface area (Å²) in [6.45, 7) is 1.01. The van der Waals surface area contributed by atoms with Crippen LogP contribution in [0.4, 0.5) is 0 Å². The molecule has 0 radical (unpaired) electrons. The largest absolute Gasteiger partial charge is 0.496 e. The Hall–Kier alpha value is -3.40. The van der Waals surface area contributed by atoms with E-state index >= 15 is 0 Å². The van der Waals surface area contributed by atoms with Crippen molar-refractivity contribution in [2.45, 2.75) is 24.9 Å². The third-order valence-electron chi connectivity index (χ3n) is 5.94. The molecule has 0 aliphatic carbocycles. The maximum Gasteiger partial charge on any atom is 0.266 e. The maximum atomic E-state index is 13.5. The van der Waals surface area contributed by atoms with Gasteiger partial charge in [0.05, 0.1) is 13.7 Å². The first-order valence-electron chi connectivity index (χ1n) is 12.0. The van der Waals surface area contributed by atoms with Gasteiger partial charge in [-0.1, -0.05) is 46.3 Å². The van der Waals surface area contributed by atoms with Gasteiger partial charge in [-0.15, -0.1) is 0 Å². The van der Waals surface area contributed by atoms with Crippen LogP contribution in [0.2, 0.25) is 0 Å². The fourth-order valence-corrected chi connectivity index (χ4v) is 4.22. The van der Waals surface area contributed by atoms with E-state index in [9.17, 15) is 4.79 Å². The zero-order valence-electron chi connectivity index (χ0n) is 20.6. The molecule has 0 spiro atoms. The first-order chi connectivity index (χ1) is 18.0. The molecule has 37 heavy (non-hydrogen) atoms. The molecule has 1 amide bonds. The van der Waals surface area contributed by atoms with E-state index in [1.54, 1.807) is 7.11 Å². The van der Waals surface area contributed by atoms with Gasteiger partial charge in [0.15, 0.2) is 5.54 Å². The average Bonchev–Trinajstić information content (AvgIpc) is 3.36. The van der Waals surface area contributed by atoms with Crippen LogP contribution in [-0.4, -0.2) is 49.4 Å². The Morgan fingerprint density at radius 3 is 2.59 bits per heavy atom. The number of nitrogens with one attached hydrogen (secondary N) is 2. The molecular formula is C28H30BrN3O5. The van der Waals surface area contributed by atoms with Gasteiger partial charge in [-0.25, -0.2) is 10.4 Å². The number of nitrogens with zero attached hydrogens (tertiary/aromatic N) is 1. The molecule has 0 fully saturated rings. The van der Waals surface area contributed by atoms with Crippen LogP contribution in [0.3, 0.4) is 0 Å². The number of para-hydroxylation sites is 1. The molecule has 0 unspecified atom stereocenters. The molecule has 0 bridgehead atoms. The molecule has 4 rings (SSSR count). The van der Waals surface area contributed by atoms with Crippen molar-refractivity contribution in [3.63, 3.8) is 0 Å². The predicted molar refractivity (Wildman–Crippen MR) is 145 cm³/mol. The SMILES string of the molecule is COc1ccccc1CNNC(=O)[C@]1(Cc2ccc(Br)cc2)COC(c2ccc(OCCCO)cc2)=N1. The second-order valence-electron chi connectivity index (χ2n) is 8.61. The Morgan fingerprint density at radius 1 is 1.11 bits per heavy atom. The second kappa shape index (κ2) is 12.7. The molecule has 3 aromatic rings. The highest BCUT2D eigenvalue weighted by Gasteiger charge is 2.44. The summed E-state index contributed by atoms with van der Waals surface area (Å²) in [7, 11) is 1.62. The molecule has 3 N–H and O–H groups in total. The van der Waals surface area contributed by atoms with Crippen molar-refractivity contribution in [2.24, 2.45) is 4.99 Å². The number of ether oxygens (including phenoxy) is 3. The highest BCUT2D eigenvalue weighted by molar-refractivity contribution is 9.10. The van der Waals surface area contributed by atoms with Gasteiger partial charge in [-0.05, 0) is 48.0 Å². The smallest absolute Gasteiger partial charge is 0.266 e. The van der Waals surface area contributed by atoms with E-state index in [1.165, 1.54) is 0 Å². The van der Waals surface area contributed by atoms with Crippen molar-refractivity contribution < 1.29 is 24.1 Å². The maximum absolute atomic E-state index is 13.5. The first-order valence-corrected chi connectivity index (χ1v) is 12.8. The topological polar surface area (TPSA) is 101 Å². The Bertz CT molecular complexity index is 1220. The van der Waals surface area contributed by atoms with Crippen molar-refractivity contribution in [1.29, 1.82) is 0 Å². The van der Waals surface area contributed by atoms with Crippen LogP contribution in [-0.2, 0) is 22.5 Å². The third-order valence-corrected chi connectivity index (χ3v) is 6.47. The number of rotatable bonds is 12. The van der Waals surface area contributed by atoms with Crippen molar-refractivity contribution in [1.82, 2.24) is 10.9 Å². The van der Waals surface area contributed by atoms with E-state index in [0.717, 1.165) is 26.9 Å². The van der Waals surface area contributed by atoms with E-state index in [1.807, 2.05) is 72.8 Å². The Labute approximate surface area is 224 Å². The van der Waals surface area contributed by atoms with Gasteiger partial charge in [-0.2, -0.15) is 0 Å². The van der Waals surface area contributed by atoms with Crippen LogP contribution < -0.4 is 20.3 Å². The molecule has 8 nitrogen and oxygen atoms in total. The number of hydrogen-bond donors (Lipinski definition) is 3. The average molecular weight is 568 g/mol. The number of methoxy groups -OCH3 is 1. The summed E-state index contributed by atoms with van der Waals surface area (Å²) in [6.07, 6.45) is 0.935. The van der Waals surface area contributed by atoms with Crippen LogP contribution in [0.1, 0.15) is 23.1 Å².